The highest BCUT2D eigenvalue weighted by molar-refractivity contribution is 9.10. The van der Waals surface area contributed by atoms with Crippen molar-refractivity contribution in [1.82, 2.24) is 5.32 Å². The van der Waals surface area contributed by atoms with Gasteiger partial charge in [-0.25, -0.2) is 0 Å². The van der Waals surface area contributed by atoms with Crippen molar-refractivity contribution in [1.29, 1.82) is 0 Å². The van der Waals surface area contributed by atoms with Crippen LogP contribution in [-0.4, -0.2) is 18.0 Å². The maximum atomic E-state index is 12.2. The normalized spacial score (nSPS) is 23.7. The van der Waals surface area contributed by atoms with Crippen LogP contribution < -0.4 is 11.1 Å². The Morgan fingerprint density at radius 1 is 1.39 bits per heavy atom. The molecular weight excluding hydrogens is 292 g/mol. The molecule has 2 rings (SSSR count). The number of nitrogens with one attached hydrogen (secondary N) is 1. The van der Waals surface area contributed by atoms with Gasteiger partial charge in [0, 0.05) is 22.1 Å². The minimum atomic E-state index is -0.0175. The minimum Gasteiger partial charge on any atom is -0.348 e. The van der Waals surface area contributed by atoms with Gasteiger partial charge < -0.3 is 11.1 Å². The first-order chi connectivity index (χ1) is 8.58. The van der Waals surface area contributed by atoms with Crippen LogP contribution in [0.15, 0.2) is 22.7 Å². The van der Waals surface area contributed by atoms with E-state index in [-0.39, 0.29) is 18.0 Å². The summed E-state index contributed by atoms with van der Waals surface area (Å²) in [7, 11) is 0. The van der Waals surface area contributed by atoms with Crippen molar-refractivity contribution in [2.45, 2.75) is 44.7 Å². The van der Waals surface area contributed by atoms with Gasteiger partial charge in [0.05, 0.1) is 0 Å². The lowest BCUT2D eigenvalue weighted by Gasteiger charge is -2.29. The van der Waals surface area contributed by atoms with Crippen LogP contribution in [0.25, 0.3) is 0 Å². The second-order valence-corrected chi connectivity index (χ2v) is 5.90. The highest BCUT2D eigenvalue weighted by Crippen LogP contribution is 2.19. The van der Waals surface area contributed by atoms with Gasteiger partial charge in [-0.3, -0.25) is 4.79 Å². The molecule has 0 bridgehead atoms. The molecule has 0 aliphatic heterocycles. The molecule has 0 unspecified atom stereocenters. The number of nitrogens with two attached hydrogens (primary N) is 1. The lowest BCUT2D eigenvalue weighted by atomic mass is 9.90. The lowest BCUT2D eigenvalue weighted by molar-refractivity contribution is 0.0920. The monoisotopic (exact) mass is 310 g/mol. The minimum absolute atomic E-state index is 0.0175. The van der Waals surface area contributed by atoms with Crippen LogP contribution in [0.2, 0.25) is 0 Å². The molecule has 1 aromatic carbocycles. The Balaban J connectivity index is 2.09. The summed E-state index contributed by atoms with van der Waals surface area (Å²) >= 11 is 3.40. The number of carbonyl (C=O) groups is 1. The van der Waals surface area contributed by atoms with Crippen LogP contribution >= 0.6 is 15.9 Å². The molecule has 0 aromatic heterocycles. The van der Waals surface area contributed by atoms with E-state index in [0.717, 1.165) is 34.9 Å². The molecule has 0 heterocycles. The molecule has 0 saturated heterocycles. The van der Waals surface area contributed by atoms with Gasteiger partial charge in [-0.15, -0.1) is 0 Å². The molecule has 98 valence electrons. The molecule has 1 fully saturated rings. The SMILES string of the molecule is Cc1ccc(Br)cc1C(=O)N[C@@H]1CCCC[C@H]1N. The first kappa shape index (κ1) is 13.6. The van der Waals surface area contributed by atoms with E-state index in [0.29, 0.717) is 0 Å². The number of benzene rings is 1. The van der Waals surface area contributed by atoms with Crippen molar-refractivity contribution in [3.05, 3.63) is 33.8 Å². The highest BCUT2D eigenvalue weighted by Gasteiger charge is 2.24. The first-order valence-electron chi connectivity index (χ1n) is 6.40. The molecular formula is C14H19BrN2O. The van der Waals surface area contributed by atoms with E-state index in [1.807, 2.05) is 25.1 Å². The predicted octanol–water partition coefficient (Wildman–Crippen LogP) is 2.76. The van der Waals surface area contributed by atoms with Gasteiger partial charge in [-0.2, -0.15) is 0 Å². The maximum absolute atomic E-state index is 12.2. The lowest BCUT2D eigenvalue weighted by Crippen LogP contribution is -2.49. The molecule has 2 atom stereocenters. The third-order valence-electron chi connectivity index (χ3n) is 3.58. The van der Waals surface area contributed by atoms with E-state index < -0.39 is 0 Å². The number of hydrogen-bond donors (Lipinski definition) is 2. The second kappa shape index (κ2) is 5.85. The van der Waals surface area contributed by atoms with Gasteiger partial charge in [0.2, 0.25) is 0 Å². The van der Waals surface area contributed by atoms with Crippen molar-refractivity contribution < 1.29 is 4.79 Å². The summed E-state index contributed by atoms with van der Waals surface area (Å²) in [6.07, 6.45) is 4.31. The molecule has 0 radical (unpaired) electrons. The second-order valence-electron chi connectivity index (χ2n) is 4.99. The zero-order chi connectivity index (χ0) is 13.1. The molecule has 1 amide bonds. The smallest absolute Gasteiger partial charge is 0.251 e. The molecule has 1 saturated carbocycles. The van der Waals surface area contributed by atoms with Crippen molar-refractivity contribution in [2.24, 2.45) is 5.73 Å². The largest absolute Gasteiger partial charge is 0.348 e. The van der Waals surface area contributed by atoms with Crippen LogP contribution in [0.1, 0.15) is 41.6 Å². The number of rotatable bonds is 2. The molecule has 1 aliphatic rings. The van der Waals surface area contributed by atoms with E-state index >= 15 is 0 Å². The summed E-state index contributed by atoms with van der Waals surface area (Å²) in [6.45, 7) is 1.95. The third kappa shape index (κ3) is 3.12. The number of hydrogen-bond acceptors (Lipinski definition) is 2. The Hall–Kier alpha value is -0.870. The van der Waals surface area contributed by atoms with Crippen molar-refractivity contribution >= 4 is 21.8 Å². The van der Waals surface area contributed by atoms with E-state index in [1.54, 1.807) is 0 Å². The number of amides is 1. The van der Waals surface area contributed by atoms with Crippen LogP contribution in [0.4, 0.5) is 0 Å². The molecule has 18 heavy (non-hydrogen) atoms. The fraction of sp³-hybridized carbons (Fsp3) is 0.500. The average Bonchev–Trinajstić information content (AvgIpc) is 2.35. The third-order valence-corrected chi connectivity index (χ3v) is 4.07. The van der Waals surface area contributed by atoms with Crippen LogP contribution in [-0.2, 0) is 0 Å². The van der Waals surface area contributed by atoms with Gasteiger partial charge in [-0.05, 0) is 37.5 Å². The number of carbonyl (C=O) groups excluding carboxylic acids is 1. The fourth-order valence-electron chi connectivity index (χ4n) is 2.42. The van der Waals surface area contributed by atoms with Gasteiger partial charge in [0.1, 0.15) is 0 Å². The van der Waals surface area contributed by atoms with Crippen LogP contribution in [0, 0.1) is 6.92 Å². The van der Waals surface area contributed by atoms with Crippen LogP contribution in [0.5, 0.6) is 0 Å². The highest BCUT2D eigenvalue weighted by atomic mass is 79.9. The molecule has 0 spiro atoms. The van der Waals surface area contributed by atoms with Gasteiger partial charge in [0.15, 0.2) is 0 Å². The standard InChI is InChI=1S/C14H19BrN2O/c1-9-6-7-10(15)8-11(9)14(18)17-13-5-3-2-4-12(13)16/h6-8,12-13H,2-5,16H2,1H3,(H,17,18)/t12-,13-/m1/s1. The van der Waals surface area contributed by atoms with E-state index in [2.05, 4.69) is 21.2 Å². The topological polar surface area (TPSA) is 55.1 Å². The van der Waals surface area contributed by atoms with Gasteiger partial charge in [0.25, 0.3) is 5.91 Å². The Bertz CT molecular complexity index is 447. The van der Waals surface area contributed by atoms with Gasteiger partial charge >= 0.3 is 0 Å². The van der Waals surface area contributed by atoms with E-state index in [4.69, 9.17) is 5.73 Å². The van der Waals surface area contributed by atoms with Crippen molar-refractivity contribution in [2.75, 3.05) is 0 Å². The summed E-state index contributed by atoms with van der Waals surface area (Å²) in [4.78, 5) is 12.2. The molecule has 4 heteroatoms. The molecule has 3 N–H and O–H groups in total. The summed E-state index contributed by atoms with van der Waals surface area (Å²) in [5, 5.41) is 3.07. The molecule has 1 aliphatic carbocycles. The predicted molar refractivity (Wildman–Crippen MR) is 76.6 cm³/mol. The molecule has 3 nitrogen and oxygen atoms in total. The average molecular weight is 311 g/mol. The van der Waals surface area contributed by atoms with E-state index in [1.165, 1.54) is 6.42 Å². The molecule has 1 aromatic rings. The number of aryl methyl sites for hydroxylation is 1. The van der Waals surface area contributed by atoms with E-state index in [9.17, 15) is 4.79 Å². The quantitative estimate of drug-likeness (QED) is 0.882. The summed E-state index contributed by atoms with van der Waals surface area (Å²) in [6, 6.07) is 5.96. The fourth-order valence-corrected chi connectivity index (χ4v) is 2.78. The number of halogens is 1. The Labute approximate surface area is 116 Å². The Morgan fingerprint density at radius 2 is 2.11 bits per heavy atom. The van der Waals surface area contributed by atoms with Gasteiger partial charge in [-0.1, -0.05) is 34.8 Å². The summed E-state index contributed by atoms with van der Waals surface area (Å²) < 4.78 is 0.922. The zero-order valence-electron chi connectivity index (χ0n) is 10.6. The van der Waals surface area contributed by atoms with Crippen molar-refractivity contribution in [3.8, 4) is 0 Å². The van der Waals surface area contributed by atoms with Crippen molar-refractivity contribution in [3.63, 3.8) is 0 Å². The van der Waals surface area contributed by atoms with Crippen LogP contribution in [0.3, 0.4) is 0 Å². The maximum Gasteiger partial charge on any atom is 0.251 e. The summed E-state index contributed by atoms with van der Waals surface area (Å²) in [5.41, 5.74) is 7.76. The summed E-state index contributed by atoms with van der Waals surface area (Å²) in [5.74, 6) is -0.0175. The zero-order valence-corrected chi connectivity index (χ0v) is 12.2. The Kier molecular flexibility index (Phi) is 4.40. The first-order valence-corrected chi connectivity index (χ1v) is 7.20. The Morgan fingerprint density at radius 3 is 2.83 bits per heavy atom.